The van der Waals surface area contributed by atoms with E-state index in [1.54, 1.807) is 0 Å². The van der Waals surface area contributed by atoms with Crippen LogP contribution in [0.2, 0.25) is 0 Å². The number of aryl methyl sites for hydroxylation is 1. The smallest absolute Gasteiger partial charge is 0.127 e. The molecule has 0 bridgehead atoms. The molecule has 1 saturated heterocycles. The van der Waals surface area contributed by atoms with E-state index in [1.807, 2.05) is 36.4 Å². The van der Waals surface area contributed by atoms with Gasteiger partial charge >= 0.3 is 0 Å². The first-order valence-corrected chi connectivity index (χ1v) is 12.6. The van der Waals surface area contributed by atoms with Crippen LogP contribution in [0.15, 0.2) is 84.0 Å². The Morgan fingerprint density at radius 2 is 1.81 bits per heavy atom. The minimum Gasteiger partial charge on any atom is -0.410 e. The van der Waals surface area contributed by atoms with Gasteiger partial charge in [0.2, 0.25) is 0 Å². The van der Waals surface area contributed by atoms with Gasteiger partial charge in [-0.25, -0.2) is 4.98 Å². The number of hydrogen-bond acceptors (Lipinski definition) is 6. The first-order valence-electron chi connectivity index (χ1n) is 12.6. The lowest BCUT2D eigenvalue weighted by molar-refractivity contribution is 0.0342. The molecule has 0 amide bonds. The number of oxime groups is 1. The van der Waals surface area contributed by atoms with E-state index in [9.17, 15) is 5.21 Å². The van der Waals surface area contributed by atoms with Crippen molar-refractivity contribution in [2.75, 3.05) is 31.6 Å². The number of nitrogens with zero attached hydrogens (tertiary/aromatic N) is 3. The van der Waals surface area contributed by atoms with Crippen LogP contribution >= 0.6 is 0 Å². The summed E-state index contributed by atoms with van der Waals surface area (Å²) >= 11 is 0. The van der Waals surface area contributed by atoms with Crippen molar-refractivity contribution in [2.45, 2.75) is 25.4 Å². The van der Waals surface area contributed by atoms with Crippen LogP contribution in [-0.4, -0.2) is 47.1 Å². The predicted molar refractivity (Wildman–Crippen MR) is 143 cm³/mol. The molecule has 0 spiro atoms. The normalized spacial score (nSPS) is 18.3. The molecule has 36 heavy (non-hydrogen) atoms. The van der Waals surface area contributed by atoms with Crippen LogP contribution in [0.5, 0.6) is 0 Å². The molecule has 0 saturated carbocycles. The average molecular weight is 479 g/mol. The van der Waals surface area contributed by atoms with E-state index >= 15 is 0 Å². The van der Waals surface area contributed by atoms with Crippen LogP contribution in [0, 0.1) is 0 Å². The van der Waals surface area contributed by atoms with Crippen molar-refractivity contribution in [1.82, 2.24) is 9.88 Å². The van der Waals surface area contributed by atoms with E-state index < -0.39 is 0 Å². The minimum absolute atomic E-state index is 0.278. The Hall–Kier alpha value is -3.74. The van der Waals surface area contributed by atoms with E-state index in [-0.39, 0.29) is 6.04 Å². The van der Waals surface area contributed by atoms with Crippen LogP contribution in [0.25, 0.3) is 10.9 Å². The third kappa shape index (κ3) is 4.57. The number of aromatic nitrogens is 1. The second-order valence-corrected chi connectivity index (χ2v) is 9.54. The Bertz CT molecular complexity index is 1390. The van der Waals surface area contributed by atoms with Crippen molar-refractivity contribution in [2.24, 2.45) is 5.16 Å². The van der Waals surface area contributed by atoms with Gasteiger partial charge in [-0.1, -0.05) is 65.8 Å². The summed E-state index contributed by atoms with van der Waals surface area (Å²) in [7, 11) is 0. The van der Waals surface area contributed by atoms with E-state index in [2.05, 4.69) is 57.8 Å². The van der Waals surface area contributed by atoms with Gasteiger partial charge < -0.3 is 15.3 Å². The van der Waals surface area contributed by atoms with Crippen LogP contribution in [0.4, 0.5) is 5.82 Å². The predicted octanol–water partition coefficient (Wildman–Crippen LogP) is 5.39. The molecule has 182 valence electrons. The molecule has 1 aliphatic heterocycles. The summed E-state index contributed by atoms with van der Waals surface area (Å²) in [6, 6.07) is 27.2. The quantitative estimate of drug-likeness (QED) is 0.221. The summed E-state index contributed by atoms with van der Waals surface area (Å²) in [4.78, 5) is 7.29. The fourth-order valence-corrected chi connectivity index (χ4v) is 5.38. The number of pyridine rings is 1. The Morgan fingerprint density at radius 1 is 0.972 bits per heavy atom. The van der Waals surface area contributed by atoms with E-state index in [0.29, 0.717) is 5.71 Å². The van der Waals surface area contributed by atoms with Crippen molar-refractivity contribution < 1.29 is 9.94 Å². The fourth-order valence-electron chi connectivity index (χ4n) is 5.38. The molecule has 1 fully saturated rings. The van der Waals surface area contributed by atoms with Crippen LogP contribution in [0.3, 0.4) is 0 Å². The molecule has 2 heterocycles. The van der Waals surface area contributed by atoms with E-state index in [1.165, 1.54) is 16.7 Å². The highest BCUT2D eigenvalue weighted by atomic mass is 16.5. The summed E-state index contributed by atoms with van der Waals surface area (Å²) in [5.41, 5.74) is 7.17. The zero-order valence-electron chi connectivity index (χ0n) is 20.2. The lowest BCUT2D eigenvalue weighted by Gasteiger charge is -2.26. The first kappa shape index (κ1) is 22.7. The third-order valence-corrected chi connectivity index (χ3v) is 7.28. The molecule has 2 aliphatic rings. The van der Waals surface area contributed by atoms with Crippen molar-refractivity contribution in [3.05, 3.63) is 107 Å². The number of ether oxygens (including phenoxy) is 1. The lowest BCUT2D eigenvalue weighted by Crippen LogP contribution is -2.35. The highest BCUT2D eigenvalue weighted by Gasteiger charge is 2.22. The number of fused-ring (bicyclic) bond motifs is 2. The van der Waals surface area contributed by atoms with Gasteiger partial charge in [0.05, 0.1) is 24.8 Å². The summed E-state index contributed by atoms with van der Waals surface area (Å²) in [6.07, 6.45) is 2.16. The number of anilines is 1. The molecular weight excluding hydrogens is 448 g/mol. The Morgan fingerprint density at radius 3 is 2.64 bits per heavy atom. The van der Waals surface area contributed by atoms with Gasteiger partial charge in [0.15, 0.2) is 0 Å². The Balaban J connectivity index is 1.23. The number of morpholine rings is 1. The molecule has 1 unspecified atom stereocenters. The van der Waals surface area contributed by atoms with Gasteiger partial charge in [0.25, 0.3) is 0 Å². The number of hydrogen-bond donors (Lipinski definition) is 2. The van der Waals surface area contributed by atoms with Crippen molar-refractivity contribution in [3.63, 3.8) is 0 Å². The third-order valence-electron chi connectivity index (χ3n) is 7.28. The molecule has 1 aliphatic carbocycles. The van der Waals surface area contributed by atoms with Crippen molar-refractivity contribution in [3.8, 4) is 0 Å². The number of nitrogens with one attached hydrogen (secondary N) is 1. The highest BCUT2D eigenvalue weighted by molar-refractivity contribution is 6.18. The summed E-state index contributed by atoms with van der Waals surface area (Å²) in [5, 5.41) is 18.3. The van der Waals surface area contributed by atoms with E-state index in [0.717, 1.165) is 73.5 Å². The largest absolute Gasteiger partial charge is 0.410 e. The van der Waals surface area contributed by atoms with Gasteiger partial charge in [-0.3, -0.25) is 4.90 Å². The molecule has 1 aromatic heterocycles. The zero-order chi connectivity index (χ0) is 24.3. The molecule has 3 aromatic carbocycles. The molecule has 1 atom stereocenters. The van der Waals surface area contributed by atoms with Gasteiger partial charge in [-0.2, -0.15) is 0 Å². The Labute approximate surface area is 211 Å². The summed E-state index contributed by atoms with van der Waals surface area (Å²) < 4.78 is 5.45. The molecule has 6 nitrogen and oxygen atoms in total. The van der Waals surface area contributed by atoms with Gasteiger partial charge in [-0.15, -0.1) is 0 Å². The minimum atomic E-state index is 0.278. The van der Waals surface area contributed by atoms with Crippen molar-refractivity contribution >= 4 is 22.4 Å². The topological polar surface area (TPSA) is 70.0 Å². The lowest BCUT2D eigenvalue weighted by atomic mass is 9.97. The van der Waals surface area contributed by atoms with Crippen molar-refractivity contribution in [1.29, 1.82) is 0 Å². The number of benzene rings is 3. The standard InChI is InChI=1S/C30H30N4O2/c35-33-30(23-10-8-21(9-11-23)20-34-16-18-36-19-17-34)26-6-3-7-27-25(26)13-15-29(31-27)32-28-14-12-22-4-1-2-5-24(22)28/h1-11,13,15,28,35H,12,14,16-20H2,(H,31,32). The monoisotopic (exact) mass is 478 g/mol. The highest BCUT2D eigenvalue weighted by Crippen LogP contribution is 2.34. The maximum absolute atomic E-state index is 9.99. The van der Waals surface area contributed by atoms with Crippen LogP contribution < -0.4 is 5.32 Å². The number of rotatable bonds is 6. The molecule has 0 radical (unpaired) electrons. The fraction of sp³-hybridized carbons (Fsp3) is 0.267. The average Bonchev–Trinajstić information content (AvgIpc) is 3.33. The molecule has 6 rings (SSSR count). The second kappa shape index (κ2) is 10.1. The van der Waals surface area contributed by atoms with Gasteiger partial charge in [-0.05, 0) is 47.7 Å². The van der Waals surface area contributed by atoms with E-state index in [4.69, 9.17) is 9.72 Å². The van der Waals surface area contributed by atoms with Gasteiger partial charge in [0.1, 0.15) is 11.5 Å². The van der Waals surface area contributed by atoms with Gasteiger partial charge in [0, 0.05) is 36.1 Å². The second-order valence-electron chi connectivity index (χ2n) is 9.54. The zero-order valence-corrected chi connectivity index (χ0v) is 20.2. The molecule has 4 aromatic rings. The van der Waals surface area contributed by atoms with Crippen LogP contribution in [0.1, 0.15) is 40.3 Å². The maximum Gasteiger partial charge on any atom is 0.127 e. The first-order chi connectivity index (χ1) is 17.8. The summed E-state index contributed by atoms with van der Waals surface area (Å²) in [5.74, 6) is 0.858. The SMILES string of the molecule is ON=C(c1ccc(CN2CCOCC2)cc1)c1cccc2nc(NC3CCc4ccccc43)ccc12. The molecular formula is C30H30N4O2. The Kier molecular flexibility index (Phi) is 6.36. The molecule has 2 N–H and O–H groups in total. The molecule has 6 heteroatoms. The van der Waals surface area contributed by atoms with Crippen LogP contribution in [-0.2, 0) is 17.7 Å². The summed E-state index contributed by atoms with van der Waals surface area (Å²) in [6.45, 7) is 4.39. The maximum atomic E-state index is 9.99.